The summed E-state index contributed by atoms with van der Waals surface area (Å²) in [5.41, 5.74) is 0. The molecule has 5 heteroatoms. The summed E-state index contributed by atoms with van der Waals surface area (Å²) in [6.45, 7) is 5.17. The maximum atomic E-state index is 11.7. The number of nitrogens with one attached hydrogen (secondary N) is 2. The van der Waals surface area contributed by atoms with E-state index in [9.17, 15) is 9.59 Å². The molecule has 2 amide bonds. The summed E-state index contributed by atoms with van der Waals surface area (Å²) in [6, 6.07) is 0.804. The number of amides is 2. The summed E-state index contributed by atoms with van der Waals surface area (Å²) in [4.78, 5) is 24.8. The zero-order valence-corrected chi connectivity index (χ0v) is 11.7. The molecule has 1 aliphatic carbocycles. The molecule has 0 aromatic carbocycles. The third-order valence-corrected chi connectivity index (χ3v) is 2.87. The van der Waals surface area contributed by atoms with Crippen LogP contribution in [0, 0.1) is 0 Å². The van der Waals surface area contributed by atoms with Crippen molar-refractivity contribution < 1.29 is 9.59 Å². The molecule has 1 saturated carbocycles. The molecule has 0 atom stereocenters. The minimum absolute atomic E-state index is 0.0338. The zero-order chi connectivity index (χ0) is 13.5. The Hall–Kier alpha value is -1.10. The fraction of sp³-hybridized carbons (Fsp3) is 0.846. The molecule has 0 spiro atoms. The second-order valence-electron chi connectivity index (χ2n) is 5.30. The van der Waals surface area contributed by atoms with Gasteiger partial charge in [-0.25, -0.2) is 0 Å². The maximum absolute atomic E-state index is 11.7. The highest BCUT2D eigenvalue weighted by molar-refractivity contribution is 5.84. The Morgan fingerprint density at radius 3 is 2.56 bits per heavy atom. The number of rotatable bonds is 8. The van der Waals surface area contributed by atoms with Gasteiger partial charge in [-0.2, -0.15) is 0 Å². The molecule has 0 unspecified atom stereocenters. The first-order valence-corrected chi connectivity index (χ1v) is 6.75. The fourth-order valence-electron chi connectivity index (χ4n) is 1.63. The Bertz CT molecular complexity index is 288. The van der Waals surface area contributed by atoms with Crippen LogP contribution in [-0.2, 0) is 9.59 Å². The van der Waals surface area contributed by atoms with Crippen molar-refractivity contribution in [3.05, 3.63) is 0 Å². The Kier molecular flexibility index (Phi) is 6.12. The quantitative estimate of drug-likeness (QED) is 0.621. The van der Waals surface area contributed by atoms with Crippen molar-refractivity contribution in [2.24, 2.45) is 0 Å². The van der Waals surface area contributed by atoms with Gasteiger partial charge in [0.15, 0.2) is 0 Å². The van der Waals surface area contributed by atoms with Crippen LogP contribution in [0.4, 0.5) is 0 Å². The largest absolute Gasteiger partial charge is 0.352 e. The van der Waals surface area contributed by atoms with Gasteiger partial charge in [-0.15, -0.1) is 0 Å². The summed E-state index contributed by atoms with van der Waals surface area (Å²) in [7, 11) is 1.69. The second-order valence-corrected chi connectivity index (χ2v) is 5.30. The van der Waals surface area contributed by atoms with Gasteiger partial charge in [0, 0.05) is 25.6 Å². The Morgan fingerprint density at radius 1 is 1.33 bits per heavy atom. The molecule has 104 valence electrons. The lowest BCUT2D eigenvalue weighted by atomic mass is 10.2. The average molecular weight is 255 g/mol. The van der Waals surface area contributed by atoms with E-state index in [1.807, 2.05) is 0 Å². The van der Waals surface area contributed by atoms with Crippen LogP contribution in [0.15, 0.2) is 0 Å². The SMILES string of the molecule is CC(C)NCCCC(=O)N(C)CC(=O)NC1CC1. The number of carbonyl (C=O) groups is 2. The van der Waals surface area contributed by atoms with E-state index >= 15 is 0 Å². The van der Waals surface area contributed by atoms with Crippen LogP contribution in [0.1, 0.15) is 39.5 Å². The monoisotopic (exact) mass is 255 g/mol. The van der Waals surface area contributed by atoms with Gasteiger partial charge in [-0.3, -0.25) is 9.59 Å². The zero-order valence-electron chi connectivity index (χ0n) is 11.7. The third kappa shape index (κ3) is 6.59. The first-order chi connectivity index (χ1) is 8.49. The summed E-state index contributed by atoms with van der Waals surface area (Å²) in [5.74, 6) is -0.0137. The average Bonchev–Trinajstić information content (AvgIpc) is 3.07. The van der Waals surface area contributed by atoms with Gasteiger partial charge in [0.25, 0.3) is 0 Å². The summed E-state index contributed by atoms with van der Waals surface area (Å²) in [6.07, 6.45) is 3.45. The van der Waals surface area contributed by atoms with Crippen molar-refractivity contribution in [2.45, 2.75) is 51.6 Å². The number of likely N-dealkylation sites (N-methyl/N-ethyl adjacent to an activating group) is 1. The van der Waals surface area contributed by atoms with Crippen LogP contribution in [0.2, 0.25) is 0 Å². The highest BCUT2D eigenvalue weighted by atomic mass is 16.2. The van der Waals surface area contributed by atoms with Crippen molar-refractivity contribution in [3.8, 4) is 0 Å². The van der Waals surface area contributed by atoms with Gasteiger partial charge in [0.1, 0.15) is 0 Å². The van der Waals surface area contributed by atoms with E-state index in [4.69, 9.17) is 0 Å². The minimum atomic E-state index is -0.0475. The Balaban J connectivity index is 2.09. The number of carbonyl (C=O) groups excluding carboxylic acids is 2. The molecule has 0 radical (unpaired) electrons. The van der Waals surface area contributed by atoms with Crippen LogP contribution < -0.4 is 10.6 Å². The standard InChI is InChI=1S/C13H25N3O2/c1-10(2)14-8-4-5-13(18)16(3)9-12(17)15-11-6-7-11/h10-11,14H,4-9H2,1-3H3,(H,15,17). The van der Waals surface area contributed by atoms with Crippen molar-refractivity contribution in [3.63, 3.8) is 0 Å². The predicted molar refractivity (Wildman–Crippen MR) is 71.2 cm³/mol. The summed E-state index contributed by atoms with van der Waals surface area (Å²) in [5, 5.41) is 6.14. The van der Waals surface area contributed by atoms with E-state index in [0.717, 1.165) is 25.8 Å². The molecular formula is C13H25N3O2. The molecule has 0 aromatic rings. The molecule has 1 rings (SSSR count). The van der Waals surface area contributed by atoms with Crippen LogP contribution in [-0.4, -0.2) is 48.9 Å². The van der Waals surface area contributed by atoms with E-state index < -0.39 is 0 Å². The van der Waals surface area contributed by atoms with Gasteiger partial charge in [-0.1, -0.05) is 13.8 Å². The van der Waals surface area contributed by atoms with Crippen LogP contribution in [0.25, 0.3) is 0 Å². The summed E-state index contributed by atoms with van der Waals surface area (Å²) >= 11 is 0. The lowest BCUT2D eigenvalue weighted by Crippen LogP contribution is -2.39. The van der Waals surface area contributed by atoms with Crippen molar-refractivity contribution in [1.82, 2.24) is 15.5 Å². The smallest absolute Gasteiger partial charge is 0.239 e. The minimum Gasteiger partial charge on any atom is -0.352 e. The van der Waals surface area contributed by atoms with Crippen LogP contribution in [0.3, 0.4) is 0 Å². The Morgan fingerprint density at radius 2 is 2.00 bits per heavy atom. The maximum Gasteiger partial charge on any atom is 0.239 e. The normalized spacial score (nSPS) is 14.7. The first kappa shape index (κ1) is 15.0. The van der Waals surface area contributed by atoms with Gasteiger partial charge >= 0.3 is 0 Å². The lowest BCUT2D eigenvalue weighted by molar-refractivity contribution is -0.134. The molecule has 5 nitrogen and oxygen atoms in total. The highest BCUT2D eigenvalue weighted by Gasteiger charge is 2.24. The van der Waals surface area contributed by atoms with Gasteiger partial charge in [0.05, 0.1) is 6.54 Å². The van der Waals surface area contributed by atoms with E-state index in [0.29, 0.717) is 18.5 Å². The molecule has 0 saturated heterocycles. The van der Waals surface area contributed by atoms with E-state index in [1.54, 1.807) is 7.05 Å². The topological polar surface area (TPSA) is 61.4 Å². The van der Waals surface area contributed by atoms with Gasteiger partial charge in [0.2, 0.25) is 11.8 Å². The van der Waals surface area contributed by atoms with Crippen molar-refractivity contribution in [1.29, 1.82) is 0 Å². The van der Waals surface area contributed by atoms with E-state index in [2.05, 4.69) is 24.5 Å². The first-order valence-electron chi connectivity index (χ1n) is 6.75. The fourth-order valence-corrected chi connectivity index (χ4v) is 1.63. The van der Waals surface area contributed by atoms with Crippen molar-refractivity contribution in [2.75, 3.05) is 20.1 Å². The number of hydrogen-bond donors (Lipinski definition) is 2. The molecule has 1 fully saturated rings. The molecule has 1 aliphatic rings. The summed E-state index contributed by atoms with van der Waals surface area (Å²) < 4.78 is 0. The number of nitrogens with zero attached hydrogens (tertiary/aromatic N) is 1. The van der Waals surface area contributed by atoms with E-state index in [-0.39, 0.29) is 18.4 Å². The van der Waals surface area contributed by atoms with Crippen molar-refractivity contribution >= 4 is 11.8 Å². The molecule has 0 heterocycles. The number of hydrogen-bond acceptors (Lipinski definition) is 3. The van der Waals surface area contributed by atoms with Gasteiger partial charge in [-0.05, 0) is 25.8 Å². The molecule has 0 aliphatic heterocycles. The highest BCUT2D eigenvalue weighted by Crippen LogP contribution is 2.18. The molecule has 0 aromatic heterocycles. The van der Waals surface area contributed by atoms with Gasteiger partial charge < -0.3 is 15.5 Å². The lowest BCUT2D eigenvalue weighted by Gasteiger charge is -2.17. The van der Waals surface area contributed by atoms with Crippen LogP contribution >= 0.6 is 0 Å². The molecular weight excluding hydrogens is 230 g/mol. The predicted octanol–water partition coefficient (Wildman–Crippen LogP) is 0.502. The molecule has 0 bridgehead atoms. The Labute approximate surface area is 109 Å². The molecule has 18 heavy (non-hydrogen) atoms. The van der Waals surface area contributed by atoms with Crippen LogP contribution in [0.5, 0.6) is 0 Å². The molecule has 2 N–H and O–H groups in total. The third-order valence-electron chi connectivity index (χ3n) is 2.87. The second kappa shape index (κ2) is 7.36. The van der Waals surface area contributed by atoms with E-state index in [1.165, 1.54) is 4.90 Å².